The van der Waals surface area contributed by atoms with E-state index in [0.717, 1.165) is 40.2 Å². The fourth-order valence-corrected chi connectivity index (χ4v) is 16.8. The van der Waals surface area contributed by atoms with Gasteiger partial charge in [0.2, 0.25) is 106 Å². The molecular formula is C80H136N26O22S3. The van der Waals surface area contributed by atoms with E-state index in [0.29, 0.717) is 6.42 Å². The molecule has 0 spiro atoms. The first-order valence-electron chi connectivity index (χ1n) is 43.9. The van der Waals surface area contributed by atoms with Crippen molar-refractivity contribution < 1.29 is 106 Å². The van der Waals surface area contributed by atoms with E-state index in [1.165, 1.54) is 28.5 Å². The van der Waals surface area contributed by atoms with Crippen molar-refractivity contribution in [2.45, 2.75) is 262 Å². The monoisotopic (exact) mass is 1910 g/mol. The van der Waals surface area contributed by atoms with Gasteiger partial charge in [-0.2, -0.15) is 35.3 Å². The third-order valence-corrected chi connectivity index (χ3v) is 24.6. The lowest BCUT2D eigenvalue weighted by Crippen LogP contribution is -2.61. The summed E-state index contributed by atoms with van der Waals surface area (Å²) < 4.78 is 0. The Hall–Kier alpha value is -11.1. The molecule has 4 heterocycles. The second-order valence-corrected chi connectivity index (χ2v) is 36.8. The molecule has 29 N–H and O–H groups in total. The molecule has 4 saturated heterocycles. The highest BCUT2D eigenvalue weighted by Gasteiger charge is 2.43. The number of guanidine groups is 2. The van der Waals surface area contributed by atoms with Gasteiger partial charge in [-0.3, -0.25) is 106 Å². The standard InChI is InChI=1S/C80H136N26O22S3/c1-9-44(6)64-77(127)96-48(15-10-11-26-81)69(119)97-52(33-42(2)3)73(123)100-55(74(124)91-46(8)65(83)115)37-130-31-24-60(109)104-39-103-40-105(41-104)61(110)25-32-131-38-56(75(125)93-49(72(122)102-64)17-13-28-89-80(86)87)101-76(126)57-18-14-29-106(57)78(128)53(34-43(4)5)98-71(121)51(20-22-63(113)114)95-70(120)50(19-21-62(111)112)94-68(118)47(16-12-27-88-79(84)85)92-58(107)35-90-67(117)54(99-66(116)45(7)82)36-129-30-23-59(103)108/h42-57,64H,9-41,81-82H2,1-8H3,(H2,83,115)(H,90,117)(H,91,124)(H,92,107)(H,93,125)(H,94,118)(H,95,120)(H,96,127)(H,97,119)(H,98,121)(H,99,116)(H,100,123)(H,101,126)(H,102,122)(H,111,112)(H,113,114)(H4,84,85,88)(H4,86,87,89)/t44-,45-,46-,47-,48-,49-,50-,51-,52-,53-,54-,55-,56-,57-,64-/m0/s1. The average molecular weight is 1910 g/mol. The van der Waals surface area contributed by atoms with Crippen LogP contribution >= 0.6 is 35.3 Å². The fourth-order valence-electron chi connectivity index (χ4n) is 14.0. The van der Waals surface area contributed by atoms with E-state index in [1.54, 1.807) is 41.5 Å². The van der Waals surface area contributed by atoms with Gasteiger partial charge in [-0.1, -0.05) is 48.0 Å². The summed E-state index contributed by atoms with van der Waals surface area (Å²) in [6.07, 6.45) is -3.81. The largest absolute Gasteiger partial charge is 0.481 e. The number of carbonyl (C=O) groups excluding carboxylic acids is 18. The number of carboxylic acids is 2. The predicted molar refractivity (Wildman–Crippen MR) is 485 cm³/mol. The van der Waals surface area contributed by atoms with E-state index < -0.39 is 267 Å². The summed E-state index contributed by atoms with van der Waals surface area (Å²) in [5, 5.41) is 53.4. The molecule has 736 valence electrons. The molecule has 0 aliphatic carbocycles. The van der Waals surface area contributed by atoms with Crippen LogP contribution in [0.15, 0.2) is 9.98 Å². The maximum atomic E-state index is 15.4. The Morgan fingerprint density at radius 3 is 1.40 bits per heavy atom. The van der Waals surface area contributed by atoms with Crippen molar-refractivity contribution in [2.24, 2.45) is 67.9 Å². The molecule has 4 aliphatic rings. The first kappa shape index (κ1) is 112. The van der Waals surface area contributed by atoms with Gasteiger partial charge in [-0.25, -0.2) is 0 Å². The molecule has 4 bridgehead atoms. The van der Waals surface area contributed by atoms with Crippen LogP contribution in [0.5, 0.6) is 0 Å². The summed E-state index contributed by atoms with van der Waals surface area (Å²) >= 11 is 2.93. The number of primary amides is 1. The molecule has 0 radical (unpaired) electrons. The number of thioether (sulfide) groups is 3. The number of carbonyl (C=O) groups is 20. The van der Waals surface area contributed by atoms with Crippen molar-refractivity contribution in [3.05, 3.63) is 0 Å². The summed E-state index contributed by atoms with van der Waals surface area (Å²) in [6, 6.07) is -21.2. The quantitative estimate of drug-likeness (QED) is 0.0188. The van der Waals surface area contributed by atoms with E-state index in [2.05, 4.69) is 79.1 Å². The third kappa shape index (κ3) is 40.7. The highest BCUT2D eigenvalue weighted by Crippen LogP contribution is 2.24. The minimum Gasteiger partial charge on any atom is -0.481 e. The van der Waals surface area contributed by atoms with Crippen LogP contribution < -0.4 is 109 Å². The van der Waals surface area contributed by atoms with Gasteiger partial charge in [0.05, 0.1) is 32.6 Å². The number of aliphatic carboxylic acids is 2. The molecular weight excluding hydrogens is 1770 g/mol. The van der Waals surface area contributed by atoms with Crippen LogP contribution in [0.25, 0.3) is 0 Å². The number of unbranched alkanes of at least 4 members (excludes halogenated alkanes) is 1. The molecule has 0 aromatic carbocycles. The highest BCUT2D eigenvalue weighted by molar-refractivity contribution is 7.99. The second kappa shape index (κ2) is 57.9. The lowest BCUT2D eigenvalue weighted by atomic mass is 9.96. The Labute approximate surface area is 773 Å². The molecule has 18 amide bonds. The number of nitrogens with zero attached hydrogens (tertiary/aromatic N) is 6. The molecule has 48 nitrogen and oxygen atoms in total. The highest BCUT2D eigenvalue weighted by atomic mass is 32.2. The van der Waals surface area contributed by atoms with Crippen LogP contribution in [0.1, 0.15) is 177 Å². The Kier molecular flexibility index (Phi) is 49.6. The lowest BCUT2D eigenvalue weighted by Gasteiger charge is -2.42. The fraction of sp³-hybridized carbons (Fsp3) is 0.725. The summed E-state index contributed by atoms with van der Waals surface area (Å²) in [6.45, 7) is 10.6. The van der Waals surface area contributed by atoms with Crippen molar-refractivity contribution in [3.8, 4) is 0 Å². The predicted octanol–water partition coefficient (Wildman–Crippen LogP) is -7.36. The smallest absolute Gasteiger partial charge is 0.303 e. The number of aliphatic imine (C=N–C) groups is 2. The SMILES string of the molecule is CC[C@H](C)[C@@H]1NC(=O)[C@H](CCCN=C(N)N)NC(=O)[C@@H]2CSCCC(=O)N3CN(CN(C3)C(=O)CCSC[C@@H](C(=O)N[C@@H](C)C(N)=O)NC(=O)[C@H](CC(C)C)NC(=O)[C@H](CCCCN)NC1=O)C(=O)CCSC[C@H](NC(=O)[C@H](C)N)C(=O)NCC(=O)N[C@@H](CCCN=C(N)N)C(=O)N[C@@H](CCC(=O)O)C(=O)N[C@@H](CCC(=O)O)C(=O)N[C@@H](CC(C)C)C(=O)N1CCC[C@H]1C(=O)N2. The molecule has 0 aromatic rings. The van der Waals surface area contributed by atoms with Crippen LogP contribution in [0.2, 0.25) is 0 Å². The van der Waals surface area contributed by atoms with Gasteiger partial charge in [0, 0.05) is 86.3 Å². The molecule has 4 rings (SSSR count). The number of nitrogens with one attached hydrogen (secondary N) is 13. The maximum absolute atomic E-state index is 15.4. The molecule has 0 saturated carbocycles. The molecule has 4 fully saturated rings. The summed E-state index contributed by atoms with van der Waals surface area (Å²) in [4.78, 5) is 298. The Morgan fingerprint density at radius 2 is 0.931 bits per heavy atom. The minimum atomic E-state index is -1.86. The van der Waals surface area contributed by atoms with Crippen LogP contribution in [-0.4, -0.2) is 332 Å². The Morgan fingerprint density at radius 1 is 0.496 bits per heavy atom. The minimum absolute atomic E-state index is 0.00815. The number of rotatable bonds is 29. The number of hydrogen-bond donors (Lipinski definition) is 22. The molecule has 0 unspecified atom stereocenters. The van der Waals surface area contributed by atoms with E-state index in [9.17, 15) is 86.9 Å². The van der Waals surface area contributed by atoms with Gasteiger partial charge in [0.1, 0.15) is 78.5 Å². The zero-order valence-corrected chi connectivity index (χ0v) is 78.1. The first-order valence-corrected chi connectivity index (χ1v) is 47.4. The van der Waals surface area contributed by atoms with E-state index >= 15 is 19.2 Å². The summed E-state index contributed by atoms with van der Waals surface area (Å²) in [5.74, 6) is -22.7. The topological polar surface area (TPSA) is 758 Å². The molecule has 15 atom stereocenters. The van der Waals surface area contributed by atoms with Crippen molar-refractivity contribution in [3.63, 3.8) is 0 Å². The normalized spacial score (nSPS) is 25.0. The third-order valence-electron chi connectivity index (χ3n) is 21.4. The molecule has 51 heteroatoms. The first-order chi connectivity index (χ1) is 61.8. The van der Waals surface area contributed by atoms with Crippen LogP contribution in [0, 0.1) is 17.8 Å². The summed E-state index contributed by atoms with van der Waals surface area (Å²) in [7, 11) is 0. The molecule has 4 aliphatic heterocycles. The number of amides is 18. The van der Waals surface area contributed by atoms with E-state index in [1.807, 2.05) is 0 Å². The van der Waals surface area contributed by atoms with Gasteiger partial charge in [-0.05, 0) is 122 Å². The van der Waals surface area contributed by atoms with Crippen LogP contribution in [0.3, 0.4) is 0 Å². The van der Waals surface area contributed by atoms with Crippen LogP contribution in [-0.2, 0) is 95.9 Å². The van der Waals surface area contributed by atoms with Crippen molar-refractivity contribution >= 4 is 165 Å². The van der Waals surface area contributed by atoms with E-state index in [4.69, 9.17) is 40.1 Å². The number of hydrogen-bond acceptors (Lipinski definition) is 27. The van der Waals surface area contributed by atoms with Gasteiger partial charge in [-0.15, -0.1) is 0 Å². The average Bonchev–Trinajstić information content (AvgIpc) is 1.71. The maximum Gasteiger partial charge on any atom is 0.303 e. The summed E-state index contributed by atoms with van der Waals surface area (Å²) in [5.41, 5.74) is 39.8. The number of fused-ring (bicyclic) bond motifs is 8. The number of nitrogens with two attached hydrogens (primary N) is 7. The van der Waals surface area contributed by atoms with Gasteiger partial charge < -0.3 is 139 Å². The van der Waals surface area contributed by atoms with Gasteiger partial charge in [0.25, 0.3) is 0 Å². The van der Waals surface area contributed by atoms with Crippen molar-refractivity contribution in [1.82, 2.24) is 88.7 Å². The van der Waals surface area contributed by atoms with Crippen molar-refractivity contribution in [2.75, 3.05) is 87.2 Å². The van der Waals surface area contributed by atoms with E-state index in [-0.39, 0.29) is 168 Å². The van der Waals surface area contributed by atoms with Crippen molar-refractivity contribution in [1.29, 1.82) is 0 Å². The lowest BCUT2D eigenvalue weighted by molar-refractivity contribution is -0.158. The Balaban J connectivity index is 2.02. The van der Waals surface area contributed by atoms with Gasteiger partial charge >= 0.3 is 11.9 Å². The molecule has 0 aromatic heterocycles. The second-order valence-electron chi connectivity index (χ2n) is 33.4. The van der Waals surface area contributed by atoms with Crippen LogP contribution in [0.4, 0.5) is 0 Å². The zero-order chi connectivity index (χ0) is 97.9. The number of carboxylic acid groups (broad SMARTS) is 2. The van der Waals surface area contributed by atoms with Gasteiger partial charge in [0.15, 0.2) is 11.9 Å². The Bertz CT molecular complexity index is 4030. The zero-order valence-electron chi connectivity index (χ0n) is 75.7. The molecule has 131 heavy (non-hydrogen) atoms.